The van der Waals surface area contributed by atoms with Gasteiger partial charge in [-0.3, -0.25) is 0 Å². The lowest BCUT2D eigenvalue weighted by atomic mass is 9.54. The van der Waals surface area contributed by atoms with Crippen molar-refractivity contribution in [2.45, 2.75) is 69.6 Å². The maximum atomic E-state index is 6.35. The van der Waals surface area contributed by atoms with Crippen LogP contribution in [-0.4, -0.2) is 0 Å². The first kappa shape index (κ1) is 17.2. The molecule has 0 spiro atoms. The Labute approximate surface area is 163 Å². The molecule has 5 rings (SSSR count). The first-order valence-corrected chi connectivity index (χ1v) is 11.0. The average molecular weight is 361 g/mol. The number of nitrogens with two attached hydrogens (primary N) is 2. The number of hydrogen-bond donors (Lipinski definition) is 2. The minimum atomic E-state index is 0.121. The standard InChI is InChI=1S/C25H32N2/c26-19-11-13-21-22-14-12-20(27)16-24(22)25(23(21)15-19,17-7-3-1-4-8-17)18-9-5-2-6-10-18/h11-18H,1-10,26-27H2. The molecule has 27 heavy (non-hydrogen) atoms. The van der Waals surface area contributed by atoms with Crippen molar-refractivity contribution in [1.82, 2.24) is 0 Å². The second-order valence-electron chi connectivity index (χ2n) is 9.15. The molecular weight excluding hydrogens is 328 g/mol. The molecule has 0 aromatic heterocycles. The normalized spacial score (nSPS) is 22.4. The van der Waals surface area contributed by atoms with Crippen molar-refractivity contribution in [3.8, 4) is 11.1 Å². The zero-order valence-corrected chi connectivity index (χ0v) is 16.3. The van der Waals surface area contributed by atoms with Crippen LogP contribution in [-0.2, 0) is 5.41 Å². The Morgan fingerprint density at radius 3 is 1.41 bits per heavy atom. The highest BCUT2D eigenvalue weighted by Gasteiger charge is 2.53. The van der Waals surface area contributed by atoms with E-state index in [1.807, 2.05) is 0 Å². The maximum Gasteiger partial charge on any atom is 0.0317 e. The Kier molecular flexibility index (Phi) is 4.18. The maximum absolute atomic E-state index is 6.35. The van der Waals surface area contributed by atoms with E-state index < -0.39 is 0 Å². The molecule has 0 radical (unpaired) electrons. The van der Waals surface area contributed by atoms with E-state index in [1.54, 1.807) is 0 Å². The Morgan fingerprint density at radius 1 is 0.593 bits per heavy atom. The number of fused-ring (bicyclic) bond motifs is 3. The summed E-state index contributed by atoms with van der Waals surface area (Å²) in [5.41, 5.74) is 20.5. The van der Waals surface area contributed by atoms with Crippen LogP contribution in [0.1, 0.15) is 75.3 Å². The van der Waals surface area contributed by atoms with Gasteiger partial charge in [0.05, 0.1) is 0 Å². The van der Waals surface area contributed by atoms with E-state index >= 15 is 0 Å². The Morgan fingerprint density at radius 2 is 1.00 bits per heavy atom. The minimum absolute atomic E-state index is 0.121. The minimum Gasteiger partial charge on any atom is -0.399 e. The molecule has 2 aromatic carbocycles. The molecule has 0 saturated heterocycles. The van der Waals surface area contributed by atoms with Crippen molar-refractivity contribution in [1.29, 1.82) is 0 Å². The van der Waals surface area contributed by atoms with Crippen LogP contribution >= 0.6 is 0 Å². The van der Waals surface area contributed by atoms with Crippen molar-refractivity contribution >= 4 is 11.4 Å². The number of rotatable bonds is 2. The van der Waals surface area contributed by atoms with Gasteiger partial charge >= 0.3 is 0 Å². The number of anilines is 2. The molecule has 0 unspecified atom stereocenters. The van der Waals surface area contributed by atoms with Crippen LogP contribution in [0, 0.1) is 11.8 Å². The first-order chi connectivity index (χ1) is 13.2. The predicted molar refractivity (Wildman–Crippen MR) is 115 cm³/mol. The molecule has 142 valence electrons. The smallest absolute Gasteiger partial charge is 0.0317 e. The molecule has 2 fully saturated rings. The van der Waals surface area contributed by atoms with Gasteiger partial charge in [0.25, 0.3) is 0 Å². The molecule has 0 aliphatic heterocycles. The van der Waals surface area contributed by atoms with Gasteiger partial charge in [0.2, 0.25) is 0 Å². The second kappa shape index (κ2) is 6.58. The van der Waals surface area contributed by atoms with Gasteiger partial charge in [0.15, 0.2) is 0 Å². The molecule has 0 heterocycles. The third-order valence-electron chi connectivity index (χ3n) is 7.77. The summed E-state index contributed by atoms with van der Waals surface area (Å²) < 4.78 is 0. The van der Waals surface area contributed by atoms with E-state index in [-0.39, 0.29) is 5.41 Å². The van der Waals surface area contributed by atoms with Gasteiger partial charge in [-0.25, -0.2) is 0 Å². The van der Waals surface area contributed by atoms with Crippen LogP contribution in [0.15, 0.2) is 36.4 Å². The van der Waals surface area contributed by atoms with E-state index in [0.29, 0.717) is 0 Å². The Bertz CT molecular complexity index is 770. The van der Waals surface area contributed by atoms with E-state index in [0.717, 1.165) is 23.2 Å². The highest BCUT2D eigenvalue weighted by molar-refractivity contribution is 5.84. The van der Waals surface area contributed by atoms with Crippen molar-refractivity contribution in [3.05, 3.63) is 47.5 Å². The van der Waals surface area contributed by atoms with E-state index in [2.05, 4.69) is 36.4 Å². The van der Waals surface area contributed by atoms with Gasteiger partial charge < -0.3 is 11.5 Å². The summed E-state index contributed by atoms with van der Waals surface area (Å²) in [4.78, 5) is 0. The molecule has 0 atom stereocenters. The topological polar surface area (TPSA) is 52.0 Å². The summed E-state index contributed by atoms with van der Waals surface area (Å²) in [6.45, 7) is 0. The van der Waals surface area contributed by atoms with Gasteiger partial charge in [0, 0.05) is 16.8 Å². The van der Waals surface area contributed by atoms with Crippen LogP contribution in [0.4, 0.5) is 11.4 Å². The lowest BCUT2D eigenvalue weighted by molar-refractivity contribution is 0.137. The first-order valence-electron chi connectivity index (χ1n) is 11.0. The van der Waals surface area contributed by atoms with Crippen LogP contribution in [0.5, 0.6) is 0 Å². The molecule has 4 N–H and O–H groups in total. The molecule has 3 aliphatic carbocycles. The van der Waals surface area contributed by atoms with E-state index in [4.69, 9.17) is 11.5 Å². The zero-order valence-electron chi connectivity index (χ0n) is 16.3. The number of benzene rings is 2. The van der Waals surface area contributed by atoms with Crippen molar-refractivity contribution in [2.24, 2.45) is 11.8 Å². The van der Waals surface area contributed by atoms with Crippen molar-refractivity contribution in [2.75, 3.05) is 11.5 Å². The summed E-state index contributed by atoms with van der Waals surface area (Å²) in [6, 6.07) is 13.3. The van der Waals surface area contributed by atoms with Gasteiger partial charge in [-0.15, -0.1) is 0 Å². The van der Waals surface area contributed by atoms with Crippen molar-refractivity contribution in [3.63, 3.8) is 0 Å². The van der Waals surface area contributed by atoms with Gasteiger partial charge in [-0.05, 0) is 84.0 Å². The van der Waals surface area contributed by atoms with Crippen LogP contribution in [0.25, 0.3) is 11.1 Å². The average Bonchev–Trinajstić information content (AvgIpc) is 2.99. The fourth-order valence-electron chi connectivity index (χ4n) is 6.75. The molecular formula is C25H32N2. The molecule has 2 heteroatoms. The fourth-order valence-corrected chi connectivity index (χ4v) is 6.75. The van der Waals surface area contributed by atoms with Crippen LogP contribution < -0.4 is 11.5 Å². The molecule has 3 aliphatic rings. The van der Waals surface area contributed by atoms with Crippen LogP contribution in [0.3, 0.4) is 0 Å². The summed E-state index contributed by atoms with van der Waals surface area (Å²) in [6.07, 6.45) is 13.7. The molecule has 2 aromatic rings. The molecule has 0 bridgehead atoms. The molecule has 0 amide bonds. The lowest BCUT2D eigenvalue weighted by Crippen LogP contribution is -2.44. The fraction of sp³-hybridized carbons (Fsp3) is 0.520. The summed E-state index contributed by atoms with van der Waals surface area (Å²) in [7, 11) is 0. The highest BCUT2D eigenvalue weighted by Crippen LogP contribution is 2.62. The molecule has 2 nitrogen and oxygen atoms in total. The Hall–Kier alpha value is -1.96. The monoisotopic (exact) mass is 360 g/mol. The Balaban J connectivity index is 1.80. The number of nitrogen functional groups attached to an aromatic ring is 2. The van der Waals surface area contributed by atoms with Gasteiger partial charge in [-0.1, -0.05) is 50.7 Å². The summed E-state index contributed by atoms with van der Waals surface area (Å²) in [5, 5.41) is 0. The van der Waals surface area contributed by atoms with E-state index in [1.165, 1.54) is 86.5 Å². The summed E-state index contributed by atoms with van der Waals surface area (Å²) >= 11 is 0. The SMILES string of the molecule is Nc1ccc2c(c1)C(C1CCCCC1)(C1CCCCC1)c1cc(N)ccc1-2. The third-order valence-corrected chi connectivity index (χ3v) is 7.77. The predicted octanol–water partition coefficient (Wildman–Crippen LogP) is 6.28. The quantitative estimate of drug-likeness (QED) is 0.619. The van der Waals surface area contributed by atoms with E-state index in [9.17, 15) is 0 Å². The largest absolute Gasteiger partial charge is 0.399 e. The number of hydrogen-bond acceptors (Lipinski definition) is 2. The molecule has 2 saturated carbocycles. The zero-order chi connectivity index (χ0) is 18.4. The van der Waals surface area contributed by atoms with Gasteiger partial charge in [0.1, 0.15) is 0 Å². The van der Waals surface area contributed by atoms with Crippen molar-refractivity contribution < 1.29 is 0 Å². The van der Waals surface area contributed by atoms with Gasteiger partial charge in [-0.2, -0.15) is 0 Å². The second-order valence-corrected chi connectivity index (χ2v) is 9.15. The highest BCUT2D eigenvalue weighted by atomic mass is 14.6. The third kappa shape index (κ3) is 2.52. The summed E-state index contributed by atoms with van der Waals surface area (Å²) in [5.74, 6) is 1.44. The lowest BCUT2D eigenvalue weighted by Gasteiger charge is -2.49. The van der Waals surface area contributed by atoms with Crippen LogP contribution in [0.2, 0.25) is 0 Å².